The summed E-state index contributed by atoms with van der Waals surface area (Å²) in [5.74, 6) is -0.0205. The van der Waals surface area contributed by atoms with Crippen molar-refractivity contribution >= 4 is 5.78 Å². The second-order valence-corrected chi connectivity index (χ2v) is 3.07. The van der Waals surface area contributed by atoms with Crippen LogP contribution in [0.5, 0.6) is 0 Å². The second-order valence-electron chi connectivity index (χ2n) is 3.07. The average Bonchev–Trinajstić information content (AvgIpc) is 2.21. The Bertz CT molecular complexity index is 257. The lowest BCUT2D eigenvalue weighted by atomic mass is 9.91. The largest absolute Gasteiger partial charge is 0.381 e. The maximum absolute atomic E-state index is 11.6. The minimum absolute atomic E-state index is 0.000370. The summed E-state index contributed by atoms with van der Waals surface area (Å²) >= 11 is 0. The molecule has 0 aromatic carbocycles. The Balaban J connectivity index is 2.61. The monoisotopic (exact) mass is 179 g/mol. The van der Waals surface area contributed by atoms with E-state index in [2.05, 4.69) is 0 Å². The highest BCUT2D eigenvalue weighted by atomic mass is 16.5. The lowest BCUT2D eigenvalue weighted by Gasteiger charge is -2.20. The van der Waals surface area contributed by atoms with E-state index in [9.17, 15) is 4.79 Å². The van der Waals surface area contributed by atoms with Crippen LogP contribution in [0.15, 0.2) is 11.6 Å². The quantitative estimate of drug-likeness (QED) is 0.476. The van der Waals surface area contributed by atoms with E-state index < -0.39 is 0 Å². The zero-order chi connectivity index (χ0) is 9.68. The lowest BCUT2D eigenvalue weighted by Crippen LogP contribution is -2.24. The number of carbonyl (C=O) groups is 1. The van der Waals surface area contributed by atoms with Gasteiger partial charge in [0.05, 0.1) is 5.57 Å². The first-order valence-corrected chi connectivity index (χ1v) is 4.48. The maximum Gasteiger partial charge on any atom is 0.176 e. The van der Waals surface area contributed by atoms with Gasteiger partial charge in [0, 0.05) is 19.1 Å². The van der Waals surface area contributed by atoms with Crippen molar-refractivity contribution in [3.05, 3.63) is 11.6 Å². The van der Waals surface area contributed by atoms with E-state index in [-0.39, 0.29) is 17.3 Å². The van der Waals surface area contributed by atoms with Gasteiger partial charge < -0.3 is 4.74 Å². The summed E-state index contributed by atoms with van der Waals surface area (Å²) in [4.78, 5) is 11.6. The van der Waals surface area contributed by atoms with Gasteiger partial charge in [0.15, 0.2) is 5.78 Å². The van der Waals surface area contributed by atoms with E-state index in [1.165, 1.54) is 0 Å². The molecule has 0 radical (unpaired) electrons. The van der Waals surface area contributed by atoms with Crippen molar-refractivity contribution in [2.45, 2.75) is 19.8 Å². The Hall–Kier alpha value is -1.14. The Morgan fingerprint density at radius 3 is 2.62 bits per heavy atom. The van der Waals surface area contributed by atoms with E-state index in [1.54, 1.807) is 13.0 Å². The van der Waals surface area contributed by atoms with Crippen LogP contribution in [-0.2, 0) is 9.53 Å². The minimum atomic E-state index is -0.0201. The molecular formula is C10H13NO2. The minimum Gasteiger partial charge on any atom is -0.381 e. The molecule has 1 aliphatic rings. The molecule has 1 heterocycles. The molecule has 1 rings (SSSR count). The van der Waals surface area contributed by atoms with Crippen molar-refractivity contribution in [3.63, 3.8) is 0 Å². The van der Waals surface area contributed by atoms with Gasteiger partial charge in [-0.25, -0.2) is 0 Å². The van der Waals surface area contributed by atoms with E-state index >= 15 is 0 Å². The number of rotatable bonds is 2. The predicted octanol–water partition coefficient (Wildman–Crippen LogP) is 1.45. The van der Waals surface area contributed by atoms with E-state index in [1.807, 2.05) is 6.07 Å². The summed E-state index contributed by atoms with van der Waals surface area (Å²) in [5.41, 5.74) is 0.284. The number of carbonyl (C=O) groups excluding carboxylic acids is 1. The first-order valence-electron chi connectivity index (χ1n) is 4.48. The Labute approximate surface area is 78.0 Å². The molecule has 1 aliphatic heterocycles. The van der Waals surface area contributed by atoms with Gasteiger partial charge in [-0.2, -0.15) is 5.26 Å². The van der Waals surface area contributed by atoms with Crippen molar-refractivity contribution in [1.29, 1.82) is 5.26 Å². The number of ether oxygens (including phenoxy) is 1. The van der Waals surface area contributed by atoms with Crippen LogP contribution in [0.25, 0.3) is 0 Å². The number of ketones is 1. The predicted molar refractivity (Wildman–Crippen MR) is 47.9 cm³/mol. The van der Waals surface area contributed by atoms with Gasteiger partial charge >= 0.3 is 0 Å². The number of Topliss-reactive ketones (excluding diaryl/α,β-unsaturated/α-hetero) is 1. The first kappa shape index (κ1) is 9.94. The number of allylic oxidation sites excluding steroid dienone is 2. The molecule has 0 atom stereocenters. The summed E-state index contributed by atoms with van der Waals surface area (Å²) in [7, 11) is 0. The lowest BCUT2D eigenvalue weighted by molar-refractivity contribution is -0.121. The zero-order valence-corrected chi connectivity index (χ0v) is 7.75. The molecule has 13 heavy (non-hydrogen) atoms. The van der Waals surface area contributed by atoms with Crippen LogP contribution in [0, 0.1) is 17.2 Å². The standard InChI is InChI=1S/C10H13NO2/c1-2-8(7-11)10(12)9-3-5-13-6-4-9/h2,9H,3-6H2,1H3/b8-2-. The molecule has 0 aromatic rings. The van der Waals surface area contributed by atoms with Crippen molar-refractivity contribution < 1.29 is 9.53 Å². The fraction of sp³-hybridized carbons (Fsp3) is 0.600. The van der Waals surface area contributed by atoms with Crippen molar-refractivity contribution in [2.24, 2.45) is 5.92 Å². The van der Waals surface area contributed by atoms with Gasteiger partial charge in [0.1, 0.15) is 6.07 Å². The van der Waals surface area contributed by atoms with Crippen LogP contribution >= 0.6 is 0 Å². The summed E-state index contributed by atoms with van der Waals surface area (Å²) in [6.07, 6.45) is 3.08. The highest BCUT2D eigenvalue weighted by Crippen LogP contribution is 2.18. The molecule has 0 aromatic heterocycles. The van der Waals surface area contributed by atoms with E-state index in [0.717, 1.165) is 12.8 Å². The topological polar surface area (TPSA) is 50.1 Å². The maximum atomic E-state index is 11.6. The molecule has 3 nitrogen and oxygen atoms in total. The first-order chi connectivity index (χ1) is 6.29. The van der Waals surface area contributed by atoms with Gasteiger partial charge in [-0.05, 0) is 19.8 Å². The highest BCUT2D eigenvalue weighted by molar-refractivity contribution is 6.00. The van der Waals surface area contributed by atoms with Crippen LogP contribution in [0.4, 0.5) is 0 Å². The fourth-order valence-corrected chi connectivity index (χ4v) is 1.44. The Morgan fingerprint density at radius 2 is 2.15 bits per heavy atom. The van der Waals surface area contributed by atoms with Gasteiger partial charge in [-0.15, -0.1) is 0 Å². The molecule has 70 valence electrons. The normalized spacial score (nSPS) is 19.5. The summed E-state index contributed by atoms with van der Waals surface area (Å²) in [5, 5.41) is 8.66. The molecule has 0 spiro atoms. The van der Waals surface area contributed by atoms with Crippen molar-refractivity contribution in [2.75, 3.05) is 13.2 Å². The number of hydrogen-bond acceptors (Lipinski definition) is 3. The average molecular weight is 179 g/mol. The molecule has 1 saturated heterocycles. The van der Waals surface area contributed by atoms with Crippen LogP contribution in [0.2, 0.25) is 0 Å². The van der Waals surface area contributed by atoms with Crippen molar-refractivity contribution in [1.82, 2.24) is 0 Å². The SMILES string of the molecule is C/C=C(/C#N)C(=O)C1CCOCC1. The second kappa shape index (κ2) is 4.78. The summed E-state index contributed by atoms with van der Waals surface area (Å²) in [6, 6.07) is 1.92. The molecule has 3 heteroatoms. The van der Waals surface area contributed by atoms with E-state index in [4.69, 9.17) is 10.00 Å². The summed E-state index contributed by atoms with van der Waals surface area (Å²) < 4.78 is 5.14. The fourth-order valence-electron chi connectivity index (χ4n) is 1.44. The number of nitriles is 1. The smallest absolute Gasteiger partial charge is 0.176 e. The van der Waals surface area contributed by atoms with Crippen LogP contribution in [0.1, 0.15) is 19.8 Å². The third kappa shape index (κ3) is 2.40. The molecule has 0 unspecified atom stereocenters. The van der Waals surface area contributed by atoms with Crippen molar-refractivity contribution in [3.8, 4) is 6.07 Å². The Morgan fingerprint density at radius 1 is 1.54 bits per heavy atom. The van der Waals surface area contributed by atoms with E-state index in [0.29, 0.717) is 13.2 Å². The third-order valence-electron chi connectivity index (χ3n) is 2.27. The van der Waals surface area contributed by atoms with Gasteiger partial charge in [0.25, 0.3) is 0 Å². The summed E-state index contributed by atoms with van der Waals surface area (Å²) in [6.45, 7) is 2.99. The van der Waals surface area contributed by atoms with Crippen LogP contribution < -0.4 is 0 Å². The zero-order valence-electron chi connectivity index (χ0n) is 7.75. The molecule has 0 N–H and O–H groups in total. The molecule has 1 fully saturated rings. The van der Waals surface area contributed by atoms with Gasteiger partial charge in [-0.1, -0.05) is 6.08 Å². The highest BCUT2D eigenvalue weighted by Gasteiger charge is 2.23. The molecule has 0 bridgehead atoms. The molecule has 0 saturated carbocycles. The Kier molecular flexibility index (Phi) is 3.66. The van der Waals surface area contributed by atoms with Gasteiger partial charge in [-0.3, -0.25) is 4.79 Å². The number of hydrogen-bond donors (Lipinski definition) is 0. The van der Waals surface area contributed by atoms with Crippen LogP contribution in [-0.4, -0.2) is 19.0 Å². The van der Waals surface area contributed by atoms with Crippen LogP contribution in [0.3, 0.4) is 0 Å². The molecule has 0 aliphatic carbocycles. The number of nitrogens with zero attached hydrogens (tertiary/aromatic N) is 1. The van der Waals surface area contributed by atoms with Gasteiger partial charge in [0.2, 0.25) is 0 Å². The molecular weight excluding hydrogens is 166 g/mol. The molecule has 0 amide bonds. The third-order valence-corrected chi connectivity index (χ3v) is 2.27.